The molecule has 1 aliphatic heterocycles. The fourth-order valence-electron chi connectivity index (χ4n) is 2.17. The van der Waals surface area contributed by atoms with Crippen LogP contribution in [0.25, 0.3) is 11.2 Å². The molecule has 4 atom stereocenters. The maximum Gasteiger partial charge on any atom is 0.167 e. The van der Waals surface area contributed by atoms with Crippen molar-refractivity contribution in [3.63, 3.8) is 0 Å². The molecule has 0 spiro atoms. The number of aromatic nitrogens is 4. The van der Waals surface area contributed by atoms with Crippen LogP contribution in [0.2, 0.25) is 0 Å². The molecule has 1 aliphatic rings. The average Bonchev–Trinajstić information content (AvgIpc) is 2.94. The fraction of sp³-hybridized carbons (Fsp3) is 0.500. The largest absolute Gasteiger partial charge is 0.394 e. The van der Waals surface area contributed by atoms with Gasteiger partial charge in [-0.05, 0) is 0 Å². The van der Waals surface area contributed by atoms with E-state index in [0.29, 0.717) is 11.2 Å². The third kappa shape index (κ3) is 1.86. The summed E-state index contributed by atoms with van der Waals surface area (Å²) in [4.78, 5) is 12.0. The first-order chi connectivity index (χ1) is 9.13. The molecule has 19 heavy (non-hydrogen) atoms. The van der Waals surface area contributed by atoms with Crippen LogP contribution in [0.5, 0.6) is 0 Å². The zero-order chi connectivity index (χ0) is 13.6. The summed E-state index contributed by atoms with van der Waals surface area (Å²) in [5.41, 5.74) is 6.61. The lowest BCUT2D eigenvalue weighted by Crippen LogP contribution is -2.28. The van der Waals surface area contributed by atoms with Gasteiger partial charge in [-0.1, -0.05) is 0 Å². The number of hydrogen-bond acceptors (Lipinski definition) is 8. The van der Waals surface area contributed by atoms with E-state index in [4.69, 9.17) is 10.5 Å². The molecule has 3 rings (SSSR count). The number of nitrogen functional groups attached to an aromatic ring is 1. The molecule has 9 heteroatoms. The second-order valence-corrected chi connectivity index (χ2v) is 4.91. The van der Waals surface area contributed by atoms with Crippen LogP contribution in [0.1, 0.15) is 6.23 Å². The molecule has 8 nitrogen and oxygen atoms in total. The predicted octanol–water partition coefficient (Wildman–Crippen LogP) is -1.04. The number of rotatable bonds is 2. The number of imidazole rings is 1. The van der Waals surface area contributed by atoms with Gasteiger partial charge in [-0.25, -0.2) is 15.0 Å². The van der Waals surface area contributed by atoms with Crippen LogP contribution in [0.15, 0.2) is 12.7 Å². The Balaban J connectivity index is 2.04. The Morgan fingerprint density at radius 3 is 2.89 bits per heavy atom. The summed E-state index contributed by atoms with van der Waals surface area (Å²) in [6, 6.07) is 0. The van der Waals surface area contributed by atoms with E-state index >= 15 is 0 Å². The minimum atomic E-state index is -0.880. The van der Waals surface area contributed by atoms with Gasteiger partial charge in [0.05, 0.1) is 24.3 Å². The highest BCUT2D eigenvalue weighted by Crippen LogP contribution is 2.34. The van der Waals surface area contributed by atoms with Crippen LogP contribution < -0.4 is 5.73 Å². The summed E-state index contributed by atoms with van der Waals surface area (Å²) in [6.45, 7) is -0.217. The molecular formula is C10H13N5O3S. The first kappa shape index (κ1) is 12.6. The van der Waals surface area contributed by atoms with E-state index in [9.17, 15) is 10.2 Å². The molecule has 0 saturated carbocycles. The number of anilines is 1. The zero-order valence-corrected chi connectivity index (χ0v) is 10.7. The van der Waals surface area contributed by atoms with Crippen molar-refractivity contribution >= 4 is 29.6 Å². The monoisotopic (exact) mass is 283 g/mol. The van der Waals surface area contributed by atoms with Crippen LogP contribution in [-0.4, -0.2) is 53.8 Å². The van der Waals surface area contributed by atoms with Crippen molar-refractivity contribution in [1.29, 1.82) is 0 Å². The van der Waals surface area contributed by atoms with E-state index in [1.54, 1.807) is 4.57 Å². The van der Waals surface area contributed by atoms with Gasteiger partial charge in [0.15, 0.2) is 17.7 Å². The molecule has 2 aromatic heterocycles. The Kier molecular flexibility index (Phi) is 3.05. The van der Waals surface area contributed by atoms with Gasteiger partial charge in [0, 0.05) is 0 Å². The lowest BCUT2D eigenvalue weighted by molar-refractivity contribution is -0.0486. The highest BCUT2D eigenvalue weighted by atomic mass is 32.1. The Morgan fingerprint density at radius 2 is 2.21 bits per heavy atom. The molecule has 0 aliphatic carbocycles. The van der Waals surface area contributed by atoms with E-state index in [1.165, 1.54) is 12.7 Å². The normalized spacial score (nSPS) is 31.1. The number of nitrogens with zero attached hydrogens (tertiary/aromatic N) is 4. The molecule has 0 amide bonds. The van der Waals surface area contributed by atoms with Crippen LogP contribution >= 0.6 is 12.6 Å². The van der Waals surface area contributed by atoms with Crippen LogP contribution in [-0.2, 0) is 4.74 Å². The van der Waals surface area contributed by atoms with Crippen molar-refractivity contribution in [3.8, 4) is 0 Å². The Hall–Kier alpha value is -1.42. The second-order valence-electron chi connectivity index (χ2n) is 4.31. The van der Waals surface area contributed by atoms with E-state index in [0.717, 1.165) is 0 Å². The summed E-state index contributed by atoms with van der Waals surface area (Å²) >= 11 is 4.24. The van der Waals surface area contributed by atoms with Crippen molar-refractivity contribution in [3.05, 3.63) is 12.7 Å². The third-order valence-electron chi connectivity index (χ3n) is 3.18. The lowest BCUT2D eigenvalue weighted by Gasteiger charge is -2.16. The van der Waals surface area contributed by atoms with Gasteiger partial charge in [-0.15, -0.1) is 0 Å². The Labute approximate surface area is 113 Å². The summed E-state index contributed by atoms with van der Waals surface area (Å²) in [6.07, 6.45) is 0.663. The molecule has 4 N–H and O–H groups in total. The minimum absolute atomic E-state index is 0.217. The first-order valence-electron chi connectivity index (χ1n) is 5.69. The van der Waals surface area contributed by atoms with Crippen molar-refractivity contribution in [1.82, 2.24) is 19.5 Å². The molecule has 102 valence electrons. The topological polar surface area (TPSA) is 119 Å². The van der Waals surface area contributed by atoms with E-state index in [2.05, 4.69) is 27.6 Å². The molecule has 3 heterocycles. The van der Waals surface area contributed by atoms with Gasteiger partial charge in [0.25, 0.3) is 0 Å². The van der Waals surface area contributed by atoms with E-state index in [-0.39, 0.29) is 12.4 Å². The SMILES string of the molecule is Nc1ncnc2c1ncn2[C@@H]1O[C@H](CO)[C@@H](S)[C@@H]1O. The minimum Gasteiger partial charge on any atom is -0.394 e. The number of ether oxygens (including phenoxy) is 1. The maximum absolute atomic E-state index is 10.1. The van der Waals surface area contributed by atoms with E-state index in [1.807, 2.05) is 0 Å². The van der Waals surface area contributed by atoms with Gasteiger partial charge in [-0.2, -0.15) is 12.6 Å². The van der Waals surface area contributed by atoms with E-state index < -0.39 is 23.7 Å². The number of fused-ring (bicyclic) bond motifs is 1. The van der Waals surface area contributed by atoms with Crippen LogP contribution in [0, 0.1) is 0 Å². The summed E-state index contributed by atoms with van der Waals surface area (Å²) < 4.78 is 7.14. The van der Waals surface area contributed by atoms with Gasteiger partial charge in [0.1, 0.15) is 17.9 Å². The van der Waals surface area contributed by atoms with Gasteiger partial charge in [0.2, 0.25) is 0 Å². The highest BCUT2D eigenvalue weighted by Gasteiger charge is 2.42. The third-order valence-corrected chi connectivity index (χ3v) is 3.82. The standard InChI is InChI=1S/C10H13N5O3S/c11-8-5-9(13-2-12-8)15(3-14-5)10-6(17)7(19)4(1-16)18-10/h2-4,6-7,10,16-17,19H,1H2,(H2,11,12,13)/t4-,6+,7-,10-/m1/s1. The van der Waals surface area contributed by atoms with Crippen molar-refractivity contribution in [2.75, 3.05) is 12.3 Å². The molecule has 0 aromatic carbocycles. The average molecular weight is 283 g/mol. The first-order valence-corrected chi connectivity index (χ1v) is 6.20. The van der Waals surface area contributed by atoms with Gasteiger partial charge < -0.3 is 20.7 Å². The molecule has 0 radical (unpaired) electrons. The predicted molar refractivity (Wildman–Crippen MR) is 69.5 cm³/mol. The van der Waals surface area contributed by atoms with Crippen molar-refractivity contribution < 1.29 is 14.9 Å². The fourth-order valence-corrected chi connectivity index (χ4v) is 2.48. The zero-order valence-electron chi connectivity index (χ0n) is 9.79. The summed E-state index contributed by atoms with van der Waals surface area (Å²) in [5.74, 6) is 0.261. The number of aliphatic hydroxyl groups is 2. The summed E-state index contributed by atoms with van der Waals surface area (Å²) in [7, 11) is 0. The summed E-state index contributed by atoms with van der Waals surface area (Å²) in [5, 5.41) is 18.8. The molecular weight excluding hydrogens is 270 g/mol. The molecule has 2 aromatic rings. The van der Waals surface area contributed by atoms with Crippen molar-refractivity contribution in [2.24, 2.45) is 0 Å². The van der Waals surface area contributed by atoms with Crippen LogP contribution in [0.3, 0.4) is 0 Å². The molecule has 0 unspecified atom stereocenters. The van der Waals surface area contributed by atoms with Crippen LogP contribution in [0.4, 0.5) is 5.82 Å². The highest BCUT2D eigenvalue weighted by molar-refractivity contribution is 7.81. The number of aliphatic hydroxyl groups excluding tert-OH is 2. The Morgan fingerprint density at radius 1 is 1.42 bits per heavy atom. The number of nitrogens with two attached hydrogens (primary N) is 1. The Bertz CT molecular complexity index is 606. The number of hydrogen-bond donors (Lipinski definition) is 4. The molecule has 1 saturated heterocycles. The smallest absolute Gasteiger partial charge is 0.167 e. The van der Waals surface area contributed by atoms with Crippen molar-refractivity contribution in [2.45, 2.75) is 23.7 Å². The van der Waals surface area contributed by atoms with Gasteiger partial charge in [-0.3, -0.25) is 4.57 Å². The number of thiol groups is 1. The quantitative estimate of drug-likeness (QED) is 0.520. The second kappa shape index (κ2) is 4.60. The molecule has 0 bridgehead atoms. The maximum atomic E-state index is 10.1. The lowest BCUT2D eigenvalue weighted by atomic mass is 10.2. The van der Waals surface area contributed by atoms with Gasteiger partial charge >= 0.3 is 0 Å². The molecule has 1 fully saturated rings.